The summed E-state index contributed by atoms with van der Waals surface area (Å²) in [6, 6.07) is 2.05. The molecular weight excluding hydrogens is 327 g/mol. The summed E-state index contributed by atoms with van der Waals surface area (Å²) in [7, 11) is 0. The third-order valence-electron chi connectivity index (χ3n) is 2.61. The molecule has 1 heterocycles. The maximum absolute atomic E-state index is 13.5. The van der Waals surface area contributed by atoms with Crippen LogP contribution in [0.4, 0.5) is 15.8 Å². The molecule has 1 fully saturated rings. The molecule has 18 heavy (non-hydrogen) atoms. The van der Waals surface area contributed by atoms with Gasteiger partial charge in [-0.25, -0.2) is 4.39 Å². The highest BCUT2D eigenvalue weighted by molar-refractivity contribution is 9.10. The molecule has 0 N–H and O–H groups in total. The van der Waals surface area contributed by atoms with Gasteiger partial charge in [0, 0.05) is 30.3 Å². The van der Waals surface area contributed by atoms with Crippen LogP contribution in [0.2, 0.25) is 0 Å². The number of benzene rings is 1. The van der Waals surface area contributed by atoms with Crippen LogP contribution >= 0.6 is 28.6 Å². The largest absolute Gasteiger partial charge is 0.305 e. The molecule has 96 valence electrons. The van der Waals surface area contributed by atoms with Gasteiger partial charge in [-0.15, -0.1) is 0 Å². The lowest BCUT2D eigenvalue weighted by Gasteiger charge is -2.16. The van der Waals surface area contributed by atoms with Gasteiger partial charge in [0.05, 0.1) is 9.40 Å². The van der Waals surface area contributed by atoms with Crippen molar-refractivity contribution in [3.63, 3.8) is 0 Å². The standard InChI is InChI=1S/C10H8BrFN2O3S/c11-6-2-9(14(16)17)8(3-7(6)12)13-4-5(18)1-10(13)15/h2-3,5,18H,1,4H2. The van der Waals surface area contributed by atoms with Gasteiger partial charge >= 0.3 is 0 Å². The summed E-state index contributed by atoms with van der Waals surface area (Å²) in [6.07, 6.45) is 0.192. The zero-order valence-corrected chi connectivity index (χ0v) is 11.4. The van der Waals surface area contributed by atoms with Gasteiger partial charge in [-0.3, -0.25) is 14.9 Å². The van der Waals surface area contributed by atoms with Crippen LogP contribution in [0.1, 0.15) is 6.42 Å². The summed E-state index contributed by atoms with van der Waals surface area (Å²) in [5.74, 6) is -0.939. The predicted octanol–water partition coefficient (Wildman–Crippen LogP) is 2.53. The molecule has 1 saturated heterocycles. The molecule has 8 heteroatoms. The summed E-state index contributed by atoms with van der Waals surface area (Å²) in [4.78, 5) is 23.2. The number of nitrogens with zero attached hydrogens (tertiary/aromatic N) is 2. The molecule has 1 aromatic rings. The monoisotopic (exact) mass is 334 g/mol. The van der Waals surface area contributed by atoms with Crippen molar-refractivity contribution in [2.45, 2.75) is 11.7 Å². The van der Waals surface area contributed by atoms with Crippen molar-refractivity contribution in [3.05, 3.63) is 32.5 Å². The molecule has 0 radical (unpaired) electrons. The van der Waals surface area contributed by atoms with Gasteiger partial charge in [-0.1, -0.05) is 0 Å². The molecule has 0 saturated carbocycles. The fraction of sp³-hybridized carbons (Fsp3) is 0.300. The van der Waals surface area contributed by atoms with Crippen LogP contribution < -0.4 is 4.90 Å². The number of nitro benzene ring substituents is 1. The van der Waals surface area contributed by atoms with Crippen molar-refractivity contribution in [2.24, 2.45) is 0 Å². The third-order valence-corrected chi connectivity index (χ3v) is 3.56. The molecule has 1 atom stereocenters. The molecule has 0 aromatic heterocycles. The minimum Gasteiger partial charge on any atom is -0.305 e. The maximum Gasteiger partial charge on any atom is 0.294 e. The Morgan fingerprint density at radius 2 is 2.22 bits per heavy atom. The Morgan fingerprint density at radius 1 is 1.56 bits per heavy atom. The van der Waals surface area contributed by atoms with E-state index in [1.807, 2.05) is 0 Å². The first-order valence-electron chi connectivity index (χ1n) is 5.02. The second kappa shape index (κ2) is 4.85. The van der Waals surface area contributed by atoms with E-state index in [0.29, 0.717) is 0 Å². The van der Waals surface area contributed by atoms with Crippen LogP contribution in [0.15, 0.2) is 16.6 Å². The number of carbonyl (C=O) groups excluding carboxylic acids is 1. The van der Waals surface area contributed by atoms with Crippen LogP contribution in [0.3, 0.4) is 0 Å². The molecule has 2 rings (SSSR count). The third kappa shape index (κ3) is 2.35. The number of carbonyl (C=O) groups is 1. The first-order chi connectivity index (χ1) is 8.40. The maximum atomic E-state index is 13.5. The summed E-state index contributed by atoms with van der Waals surface area (Å²) in [5, 5.41) is 10.7. The van der Waals surface area contributed by atoms with E-state index in [0.717, 1.165) is 12.1 Å². The quantitative estimate of drug-likeness (QED) is 0.513. The lowest BCUT2D eigenvalue weighted by Crippen LogP contribution is -2.25. The molecule has 1 amide bonds. The molecule has 0 bridgehead atoms. The molecule has 0 spiro atoms. The average Bonchev–Trinajstić information content (AvgIpc) is 2.61. The van der Waals surface area contributed by atoms with Crippen molar-refractivity contribution in [1.29, 1.82) is 0 Å². The van der Waals surface area contributed by atoms with Gasteiger partial charge in [-0.05, 0) is 15.9 Å². The predicted molar refractivity (Wildman–Crippen MR) is 70.5 cm³/mol. The molecule has 5 nitrogen and oxygen atoms in total. The second-order valence-corrected chi connectivity index (χ2v) is 5.46. The van der Waals surface area contributed by atoms with E-state index in [1.165, 1.54) is 4.90 Å². The van der Waals surface area contributed by atoms with E-state index in [2.05, 4.69) is 28.6 Å². The highest BCUT2D eigenvalue weighted by Gasteiger charge is 2.33. The van der Waals surface area contributed by atoms with E-state index in [9.17, 15) is 19.3 Å². The number of hydrogen-bond donors (Lipinski definition) is 1. The molecule has 1 aliphatic heterocycles. The topological polar surface area (TPSA) is 63.5 Å². The SMILES string of the molecule is O=C1CC(S)CN1c1cc(F)c(Br)cc1[N+](=O)[O-]. The number of rotatable bonds is 2. The fourth-order valence-electron chi connectivity index (χ4n) is 1.81. The van der Waals surface area contributed by atoms with Crippen molar-refractivity contribution < 1.29 is 14.1 Å². The van der Waals surface area contributed by atoms with Gasteiger partial charge in [-0.2, -0.15) is 12.6 Å². The van der Waals surface area contributed by atoms with Gasteiger partial charge in [0.2, 0.25) is 5.91 Å². The normalized spacial score (nSPS) is 19.4. The van der Waals surface area contributed by atoms with Crippen LogP contribution in [-0.4, -0.2) is 22.6 Å². The lowest BCUT2D eigenvalue weighted by molar-refractivity contribution is -0.384. The Labute approximate surface area is 116 Å². The van der Waals surface area contributed by atoms with Crippen molar-refractivity contribution >= 4 is 45.8 Å². The smallest absolute Gasteiger partial charge is 0.294 e. The van der Waals surface area contributed by atoms with E-state index in [4.69, 9.17) is 0 Å². The minimum atomic E-state index is -0.647. The number of thiol groups is 1. The van der Waals surface area contributed by atoms with Gasteiger partial charge < -0.3 is 4.90 Å². The zero-order valence-electron chi connectivity index (χ0n) is 8.97. The first-order valence-corrected chi connectivity index (χ1v) is 6.33. The Bertz CT molecular complexity index is 540. The number of nitro groups is 1. The van der Waals surface area contributed by atoms with Crippen molar-refractivity contribution in [1.82, 2.24) is 0 Å². The molecule has 1 aromatic carbocycles. The lowest BCUT2D eigenvalue weighted by atomic mass is 10.2. The first kappa shape index (κ1) is 13.3. The van der Waals surface area contributed by atoms with Gasteiger partial charge in [0.15, 0.2) is 0 Å². The van der Waals surface area contributed by atoms with E-state index in [-0.39, 0.29) is 40.0 Å². The van der Waals surface area contributed by atoms with Crippen molar-refractivity contribution in [3.8, 4) is 0 Å². The van der Waals surface area contributed by atoms with Gasteiger partial charge in [0.1, 0.15) is 11.5 Å². The molecule has 1 aliphatic rings. The molecular formula is C10H8BrFN2O3S. The summed E-state index contributed by atoms with van der Waals surface area (Å²) < 4.78 is 13.5. The van der Waals surface area contributed by atoms with Gasteiger partial charge in [0.25, 0.3) is 5.69 Å². The highest BCUT2D eigenvalue weighted by Crippen LogP contribution is 2.36. The summed E-state index contributed by atoms with van der Waals surface area (Å²) in [5.41, 5.74) is -0.332. The Morgan fingerprint density at radius 3 is 2.72 bits per heavy atom. The van der Waals surface area contributed by atoms with Crippen molar-refractivity contribution in [2.75, 3.05) is 11.4 Å². The Hall–Kier alpha value is -1.15. The number of halogens is 2. The number of amides is 1. The summed E-state index contributed by atoms with van der Waals surface area (Å²) >= 11 is 7.04. The fourth-order valence-corrected chi connectivity index (χ4v) is 2.46. The average molecular weight is 335 g/mol. The van der Waals surface area contributed by atoms with E-state index >= 15 is 0 Å². The Balaban J connectivity index is 2.52. The second-order valence-electron chi connectivity index (χ2n) is 3.87. The molecule has 1 unspecified atom stereocenters. The highest BCUT2D eigenvalue weighted by atomic mass is 79.9. The Kier molecular flexibility index (Phi) is 3.58. The number of hydrogen-bond acceptors (Lipinski definition) is 4. The van der Waals surface area contributed by atoms with E-state index in [1.54, 1.807) is 0 Å². The number of anilines is 1. The minimum absolute atomic E-state index is 0.00739. The summed E-state index contributed by atoms with van der Waals surface area (Å²) in [6.45, 7) is 0.240. The van der Waals surface area contributed by atoms with Crippen LogP contribution in [0.25, 0.3) is 0 Å². The molecule has 0 aliphatic carbocycles. The van der Waals surface area contributed by atoms with Crippen LogP contribution in [0, 0.1) is 15.9 Å². The zero-order chi connectivity index (χ0) is 13.4. The van der Waals surface area contributed by atoms with Crippen LogP contribution in [0.5, 0.6) is 0 Å². The van der Waals surface area contributed by atoms with Crippen LogP contribution in [-0.2, 0) is 4.79 Å². The van der Waals surface area contributed by atoms with E-state index < -0.39 is 10.7 Å².